The quantitative estimate of drug-likeness (QED) is 0.502. The van der Waals surface area contributed by atoms with Gasteiger partial charge in [0.25, 0.3) is 0 Å². The van der Waals surface area contributed by atoms with Gasteiger partial charge in [0.15, 0.2) is 0 Å². The molecule has 0 unspecified atom stereocenters. The fraction of sp³-hybridized carbons (Fsp3) is 0.941. The predicted molar refractivity (Wildman–Crippen MR) is 85.7 cm³/mol. The summed E-state index contributed by atoms with van der Waals surface area (Å²) in [5.74, 6) is 0.137. The molecule has 0 aromatic rings. The zero-order valence-electron chi connectivity index (χ0n) is 13.8. The minimum atomic E-state index is -0.129. The van der Waals surface area contributed by atoms with Gasteiger partial charge in [-0.3, -0.25) is 4.79 Å². The lowest BCUT2D eigenvalue weighted by atomic mass is 9.83. The Bertz CT molecular complexity index is 229. The van der Waals surface area contributed by atoms with E-state index in [0.29, 0.717) is 13.0 Å². The first kappa shape index (κ1) is 19.4. The molecule has 0 fully saturated rings. The number of carbonyl (C=O) groups excluding carboxylic acids is 1. The number of unbranched alkanes of at least 4 members (excludes halogenated alkanes) is 6. The maximum atomic E-state index is 11.8. The highest BCUT2D eigenvalue weighted by atomic mass is 16.3. The molecule has 0 atom stereocenters. The minimum absolute atomic E-state index is 0.129. The Morgan fingerprint density at radius 1 is 0.950 bits per heavy atom. The largest absolute Gasteiger partial charge is 0.396 e. The second-order valence-corrected chi connectivity index (χ2v) is 6.01. The third-order valence-corrected chi connectivity index (χ3v) is 4.50. The van der Waals surface area contributed by atoms with Crippen molar-refractivity contribution in [2.45, 2.75) is 85.0 Å². The van der Waals surface area contributed by atoms with Crippen LogP contribution >= 0.6 is 0 Å². The van der Waals surface area contributed by atoms with E-state index in [1.54, 1.807) is 0 Å². The average molecular weight is 285 g/mol. The SMILES string of the molecule is CCCCCCCCCC(=O)NCC(CC)(CC)CO. The van der Waals surface area contributed by atoms with Gasteiger partial charge in [-0.1, -0.05) is 59.3 Å². The van der Waals surface area contributed by atoms with Crippen LogP contribution in [0.3, 0.4) is 0 Å². The van der Waals surface area contributed by atoms with E-state index < -0.39 is 0 Å². The Morgan fingerprint density at radius 2 is 1.50 bits per heavy atom. The third kappa shape index (κ3) is 8.57. The maximum absolute atomic E-state index is 11.8. The third-order valence-electron chi connectivity index (χ3n) is 4.50. The van der Waals surface area contributed by atoms with Crippen LogP contribution in [0.2, 0.25) is 0 Å². The highest BCUT2D eigenvalue weighted by Crippen LogP contribution is 2.24. The van der Waals surface area contributed by atoms with Crippen LogP contribution in [0.15, 0.2) is 0 Å². The summed E-state index contributed by atoms with van der Waals surface area (Å²) in [6, 6.07) is 0. The van der Waals surface area contributed by atoms with Crippen LogP contribution in [0.5, 0.6) is 0 Å². The lowest BCUT2D eigenvalue weighted by Gasteiger charge is -2.29. The fourth-order valence-electron chi connectivity index (χ4n) is 2.40. The number of hydrogen-bond acceptors (Lipinski definition) is 2. The summed E-state index contributed by atoms with van der Waals surface area (Å²) >= 11 is 0. The van der Waals surface area contributed by atoms with Gasteiger partial charge in [0, 0.05) is 18.4 Å². The summed E-state index contributed by atoms with van der Waals surface area (Å²) in [6.07, 6.45) is 11.1. The van der Waals surface area contributed by atoms with E-state index in [4.69, 9.17) is 0 Å². The van der Waals surface area contributed by atoms with Crippen molar-refractivity contribution in [3.63, 3.8) is 0 Å². The second kappa shape index (κ2) is 12.2. The van der Waals surface area contributed by atoms with Crippen molar-refractivity contribution < 1.29 is 9.90 Å². The summed E-state index contributed by atoms with van der Waals surface area (Å²) in [5, 5.41) is 12.4. The van der Waals surface area contributed by atoms with E-state index in [9.17, 15) is 9.90 Å². The van der Waals surface area contributed by atoms with Gasteiger partial charge < -0.3 is 10.4 Å². The molecule has 0 rings (SSSR count). The molecule has 0 saturated carbocycles. The highest BCUT2D eigenvalue weighted by molar-refractivity contribution is 5.75. The molecule has 0 aliphatic rings. The van der Waals surface area contributed by atoms with Gasteiger partial charge >= 0.3 is 0 Å². The Labute approximate surface area is 125 Å². The number of nitrogens with one attached hydrogen (secondary N) is 1. The smallest absolute Gasteiger partial charge is 0.220 e. The van der Waals surface area contributed by atoms with Crippen LogP contribution in [-0.2, 0) is 4.79 Å². The van der Waals surface area contributed by atoms with Crippen molar-refractivity contribution in [3.05, 3.63) is 0 Å². The molecule has 0 aliphatic carbocycles. The van der Waals surface area contributed by atoms with E-state index >= 15 is 0 Å². The van der Waals surface area contributed by atoms with E-state index in [2.05, 4.69) is 26.1 Å². The molecule has 0 heterocycles. The van der Waals surface area contributed by atoms with Crippen molar-refractivity contribution in [2.75, 3.05) is 13.2 Å². The zero-order chi connectivity index (χ0) is 15.3. The summed E-state index contributed by atoms with van der Waals surface area (Å²) < 4.78 is 0. The first-order chi connectivity index (χ1) is 9.64. The molecule has 0 bridgehead atoms. The Kier molecular flexibility index (Phi) is 11.8. The van der Waals surface area contributed by atoms with E-state index in [1.165, 1.54) is 32.1 Å². The van der Waals surface area contributed by atoms with Crippen LogP contribution in [0, 0.1) is 5.41 Å². The lowest BCUT2D eigenvalue weighted by Crippen LogP contribution is -2.39. The van der Waals surface area contributed by atoms with Crippen LogP contribution in [0.4, 0.5) is 0 Å². The topological polar surface area (TPSA) is 49.3 Å². The summed E-state index contributed by atoms with van der Waals surface area (Å²) in [6.45, 7) is 7.12. The summed E-state index contributed by atoms with van der Waals surface area (Å²) in [4.78, 5) is 11.8. The molecule has 120 valence electrons. The summed E-state index contributed by atoms with van der Waals surface area (Å²) in [5.41, 5.74) is -0.129. The van der Waals surface area contributed by atoms with Crippen LogP contribution in [0.25, 0.3) is 0 Å². The molecule has 0 saturated heterocycles. The number of amides is 1. The van der Waals surface area contributed by atoms with Gasteiger partial charge in [-0.2, -0.15) is 0 Å². The van der Waals surface area contributed by atoms with Gasteiger partial charge in [-0.05, 0) is 19.3 Å². The molecular formula is C17H35NO2. The number of hydrogen-bond donors (Lipinski definition) is 2. The van der Waals surface area contributed by atoms with Crippen molar-refractivity contribution in [1.29, 1.82) is 0 Å². The fourth-order valence-corrected chi connectivity index (χ4v) is 2.40. The van der Waals surface area contributed by atoms with Crippen LogP contribution < -0.4 is 5.32 Å². The molecule has 3 nitrogen and oxygen atoms in total. The normalized spacial score (nSPS) is 11.6. The number of carbonyl (C=O) groups is 1. The first-order valence-electron chi connectivity index (χ1n) is 8.51. The van der Waals surface area contributed by atoms with Gasteiger partial charge in [0.2, 0.25) is 5.91 Å². The lowest BCUT2D eigenvalue weighted by molar-refractivity contribution is -0.121. The van der Waals surface area contributed by atoms with Crippen molar-refractivity contribution in [3.8, 4) is 0 Å². The van der Waals surface area contributed by atoms with E-state index in [1.807, 2.05) is 0 Å². The van der Waals surface area contributed by atoms with Crippen LogP contribution in [-0.4, -0.2) is 24.2 Å². The summed E-state index contributed by atoms with van der Waals surface area (Å²) in [7, 11) is 0. The molecule has 20 heavy (non-hydrogen) atoms. The predicted octanol–water partition coefficient (Wildman–Crippen LogP) is 4.04. The van der Waals surface area contributed by atoms with Crippen molar-refractivity contribution in [2.24, 2.45) is 5.41 Å². The Morgan fingerprint density at radius 3 is 2.00 bits per heavy atom. The molecule has 2 N–H and O–H groups in total. The second-order valence-electron chi connectivity index (χ2n) is 6.01. The number of aliphatic hydroxyl groups excluding tert-OH is 1. The number of aliphatic hydroxyl groups is 1. The van der Waals surface area contributed by atoms with Gasteiger partial charge in [-0.25, -0.2) is 0 Å². The Hall–Kier alpha value is -0.570. The maximum Gasteiger partial charge on any atom is 0.220 e. The molecule has 3 heteroatoms. The van der Waals surface area contributed by atoms with Gasteiger partial charge in [-0.15, -0.1) is 0 Å². The van der Waals surface area contributed by atoms with Crippen molar-refractivity contribution in [1.82, 2.24) is 5.32 Å². The van der Waals surface area contributed by atoms with Crippen LogP contribution in [0.1, 0.15) is 85.0 Å². The Balaban J connectivity index is 3.63. The molecule has 0 aromatic heterocycles. The minimum Gasteiger partial charge on any atom is -0.396 e. The van der Waals surface area contributed by atoms with Gasteiger partial charge in [0.05, 0.1) is 6.61 Å². The standard InChI is InChI=1S/C17H35NO2/c1-4-7-8-9-10-11-12-13-16(20)18-14-17(5-2,6-3)15-19/h19H,4-15H2,1-3H3,(H,18,20). The monoisotopic (exact) mass is 285 g/mol. The molecular weight excluding hydrogens is 250 g/mol. The van der Waals surface area contributed by atoms with Gasteiger partial charge in [0.1, 0.15) is 0 Å². The van der Waals surface area contributed by atoms with E-state index in [0.717, 1.165) is 25.7 Å². The molecule has 0 radical (unpaired) electrons. The first-order valence-corrected chi connectivity index (χ1v) is 8.51. The molecule has 0 aliphatic heterocycles. The molecule has 1 amide bonds. The molecule has 0 aromatic carbocycles. The molecule has 0 spiro atoms. The van der Waals surface area contributed by atoms with Crippen molar-refractivity contribution >= 4 is 5.91 Å². The highest BCUT2D eigenvalue weighted by Gasteiger charge is 2.25. The average Bonchev–Trinajstić information content (AvgIpc) is 2.48. The number of rotatable bonds is 13. The van der Waals surface area contributed by atoms with E-state index in [-0.39, 0.29) is 17.9 Å². The zero-order valence-corrected chi connectivity index (χ0v) is 13.8.